The van der Waals surface area contributed by atoms with Gasteiger partial charge in [-0.05, 0) is 41.5 Å². The van der Waals surface area contributed by atoms with E-state index in [2.05, 4.69) is 25.6 Å². The predicted molar refractivity (Wildman–Crippen MR) is 138 cm³/mol. The molecule has 0 bridgehead atoms. The number of amides is 2. The molecule has 0 spiro atoms. The van der Waals surface area contributed by atoms with Crippen molar-refractivity contribution in [3.8, 4) is 0 Å². The van der Waals surface area contributed by atoms with Gasteiger partial charge >= 0.3 is 12.2 Å². The molecular formula is C19H27ClF2N6O4S3. The van der Waals surface area contributed by atoms with Crippen LogP contribution in [0.5, 0.6) is 0 Å². The number of nitrogens with zero attached hydrogens (tertiary/aromatic N) is 3. The van der Waals surface area contributed by atoms with Gasteiger partial charge < -0.3 is 15.2 Å². The van der Waals surface area contributed by atoms with Crippen LogP contribution in [0, 0.1) is 10.3 Å². The second kappa shape index (κ2) is 14.7. The molecule has 0 saturated heterocycles. The van der Waals surface area contributed by atoms with Gasteiger partial charge in [-0.1, -0.05) is 22.7 Å². The van der Waals surface area contributed by atoms with E-state index in [1.807, 2.05) is 20.8 Å². The first-order valence-corrected chi connectivity index (χ1v) is 12.0. The number of carbonyl (C=O) groups excluding carboxylic acids is 2. The lowest BCUT2D eigenvalue weighted by atomic mass is 10.2. The van der Waals surface area contributed by atoms with E-state index < -0.39 is 28.5 Å². The SMILES string of the molecule is CC(C)(C)OC(=O)Nc1ncc(F)s1.CC(C)(C)OC(=O)Nc1nccs1.Cl.Nc1ncc(F)s1. The summed E-state index contributed by atoms with van der Waals surface area (Å²) in [4.78, 5) is 33.3. The second-order valence-electron chi connectivity index (χ2n) is 8.06. The Morgan fingerprint density at radius 3 is 1.66 bits per heavy atom. The van der Waals surface area contributed by atoms with Gasteiger partial charge in [0.05, 0.1) is 12.4 Å². The molecule has 0 aliphatic carbocycles. The molecule has 0 radical (unpaired) electrons. The van der Waals surface area contributed by atoms with Crippen molar-refractivity contribution in [3.63, 3.8) is 0 Å². The number of carbonyl (C=O) groups is 2. The molecule has 3 rings (SSSR count). The Balaban J connectivity index is 0.000000513. The number of nitrogens with two attached hydrogens (primary N) is 1. The zero-order valence-electron chi connectivity index (χ0n) is 19.8. The predicted octanol–water partition coefficient (Wildman–Crippen LogP) is 6.41. The average molecular weight is 573 g/mol. The van der Waals surface area contributed by atoms with Gasteiger partial charge in [0.2, 0.25) is 0 Å². The molecule has 3 heterocycles. The van der Waals surface area contributed by atoms with Gasteiger partial charge in [-0.15, -0.1) is 23.7 Å². The smallest absolute Gasteiger partial charge is 0.413 e. The quantitative estimate of drug-likeness (QED) is 0.320. The molecule has 0 saturated carbocycles. The van der Waals surface area contributed by atoms with E-state index in [4.69, 9.17) is 15.2 Å². The summed E-state index contributed by atoms with van der Waals surface area (Å²) < 4.78 is 34.3. The molecule has 0 atom stereocenters. The van der Waals surface area contributed by atoms with Crippen molar-refractivity contribution in [1.82, 2.24) is 15.0 Å². The van der Waals surface area contributed by atoms with E-state index in [0.717, 1.165) is 35.1 Å². The molecule has 0 aromatic carbocycles. The summed E-state index contributed by atoms with van der Waals surface area (Å²) in [7, 11) is 0. The van der Waals surface area contributed by atoms with Gasteiger partial charge in [0.25, 0.3) is 0 Å². The summed E-state index contributed by atoms with van der Waals surface area (Å²) in [6, 6.07) is 0. The number of hydrogen-bond donors (Lipinski definition) is 3. The highest BCUT2D eigenvalue weighted by Gasteiger charge is 2.17. The lowest BCUT2D eigenvalue weighted by Gasteiger charge is -2.18. The lowest BCUT2D eigenvalue weighted by Crippen LogP contribution is -2.27. The number of ether oxygens (including phenoxy) is 2. The monoisotopic (exact) mass is 572 g/mol. The highest BCUT2D eigenvalue weighted by molar-refractivity contribution is 7.14. The molecule has 0 aliphatic heterocycles. The fourth-order valence-electron chi connectivity index (χ4n) is 1.65. The van der Waals surface area contributed by atoms with Crippen LogP contribution in [-0.2, 0) is 9.47 Å². The van der Waals surface area contributed by atoms with Gasteiger partial charge in [0.15, 0.2) is 25.7 Å². The number of hydrogen-bond acceptors (Lipinski definition) is 11. The molecule has 10 nitrogen and oxygen atoms in total. The van der Waals surface area contributed by atoms with Crippen molar-refractivity contribution in [2.75, 3.05) is 16.4 Å². The Bertz CT molecular complexity index is 1020. The molecule has 4 N–H and O–H groups in total. The average Bonchev–Trinajstić information content (AvgIpc) is 3.37. The minimum Gasteiger partial charge on any atom is -0.444 e. The van der Waals surface area contributed by atoms with Crippen molar-refractivity contribution in [3.05, 3.63) is 34.2 Å². The van der Waals surface area contributed by atoms with Crippen LogP contribution in [0.2, 0.25) is 0 Å². The van der Waals surface area contributed by atoms with Crippen molar-refractivity contribution >= 4 is 74.0 Å². The first kappa shape index (κ1) is 32.4. The van der Waals surface area contributed by atoms with Crippen molar-refractivity contribution in [1.29, 1.82) is 0 Å². The molecular weight excluding hydrogens is 546 g/mol. The molecule has 196 valence electrons. The highest BCUT2D eigenvalue weighted by atomic mass is 35.5. The third-order valence-corrected chi connectivity index (χ3v) is 4.63. The highest BCUT2D eigenvalue weighted by Crippen LogP contribution is 2.17. The topological polar surface area (TPSA) is 141 Å². The van der Waals surface area contributed by atoms with Gasteiger partial charge in [-0.3, -0.25) is 10.6 Å². The largest absolute Gasteiger partial charge is 0.444 e. The van der Waals surface area contributed by atoms with Crippen LogP contribution in [0.1, 0.15) is 41.5 Å². The van der Waals surface area contributed by atoms with Gasteiger partial charge in [-0.25, -0.2) is 24.5 Å². The van der Waals surface area contributed by atoms with Crippen LogP contribution in [0.4, 0.5) is 33.8 Å². The summed E-state index contributed by atoms with van der Waals surface area (Å²) in [5, 5.41) is 6.87. The van der Waals surface area contributed by atoms with E-state index in [1.165, 1.54) is 11.3 Å². The van der Waals surface area contributed by atoms with Gasteiger partial charge in [-0.2, -0.15) is 8.78 Å². The summed E-state index contributed by atoms with van der Waals surface area (Å²) in [6.45, 7) is 10.7. The van der Waals surface area contributed by atoms with Crippen LogP contribution >= 0.6 is 46.4 Å². The molecule has 2 amide bonds. The Kier molecular flexibility index (Phi) is 13.6. The maximum atomic E-state index is 12.5. The molecule has 3 aromatic heterocycles. The molecule has 16 heteroatoms. The van der Waals surface area contributed by atoms with Crippen LogP contribution in [0.3, 0.4) is 0 Å². The number of halogens is 3. The van der Waals surface area contributed by atoms with E-state index in [1.54, 1.807) is 32.3 Å². The minimum absolute atomic E-state index is 0. The van der Waals surface area contributed by atoms with E-state index in [-0.39, 0.29) is 27.8 Å². The number of nitrogen functional groups attached to an aromatic ring is 1. The Labute approximate surface area is 219 Å². The third kappa shape index (κ3) is 16.6. The summed E-state index contributed by atoms with van der Waals surface area (Å²) in [6.07, 6.45) is 2.66. The second-order valence-corrected chi connectivity index (χ2v) is 11.0. The van der Waals surface area contributed by atoms with Crippen LogP contribution in [0.25, 0.3) is 0 Å². The van der Waals surface area contributed by atoms with E-state index in [9.17, 15) is 18.4 Å². The van der Waals surface area contributed by atoms with E-state index in [0.29, 0.717) is 5.13 Å². The maximum Gasteiger partial charge on any atom is 0.413 e. The summed E-state index contributed by atoms with van der Waals surface area (Å²) in [5.41, 5.74) is 4.01. The number of aromatic nitrogens is 3. The number of thiazole rings is 3. The van der Waals surface area contributed by atoms with Gasteiger partial charge in [0, 0.05) is 11.6 Å². The van der Waals surface area contributed by atoms with Crippen LogP contribution in [0.15, 0.2) is 24.0 Å². The summed E-state index contributed by atoms with van der Waals surface area (Å²) >= 11 is 2.95. The zero-order valence-corrected chi connectivity index (χ0v) is 23.0. The number of nitrogens with one attached hydrogen (secondary N) is 2. The molecule has 0 aliphatic rings. The van der Waals surface area contributed by atoms with Gasteiger partial charge in [0.1, 0.15) is 11.2 Å². The van der Waals surface area contributed by atoms with Crippen LogP contribution < -0.4 is 16.4 Å². The normalized spacial score (nSPS) is 10.4. The van der Waals surface area contributed by atoms with Crippen LogP contribution in [-0.4, -0.2) is 38.3 Å². The Hall–Kier alpha value is -2.62. The standard InChI is InChI=1S/C8H11FN2O2S.C8H12N2O2S.C3H3FN2S.ClH/c1-8(2,3)13-7(12)11-6-10-4-5(9)14-6;1-8(2,3)12-7(11)10-6-9-4-5-13-6;4-2-1-6-3(5)7-2;/h4H,1-3H3,(H,10,11,12);4-5H,1-3H3,(H,9,10,11);1H,(H2,5,6);1H. The first-order valence-electron chi connectivity index (χ1n) is 9.50. The minimum atomic E-state index is -0.633. The first-order chi connectivity index (χ1) is 15.6. The van der Waals surface area contributed by atoms with Crippen molar-refractivity contribution in [2.24, 2.45) is 0 Å². The fraction of sp³-hybridized carbons (Fsp3) is 0.421. The number of anilines is 3. The number of rotatable bonds is 2. The molecule has 0 fully saturated rings. The summed E-state index contributed by atoms with van der Waals surface area (Å²) in [5.74, 6) is 0. The van der Waals surface area contributed by atoms with Crippen molar-refractivity contribution in [2.45, 2.75) is 52.7 Å². The van der Waals surface area contributed by atoms with E-state index >= 15 is 0 Å². The third-order valence-electron chi connectivity index (χ3n) is 2.62. The molecule has 35 heavy (non-hydrogen) atoms. The zero-order chi connectivity index (χ0) is 25.9. The lowest BCUT2D eigenvalue weighted by molar-refractivity contribution is 0.0624. The van der Waals surface area contributed by atoms with Crippen molar-refractivity contribution < 1.29 is 27.8 Å². The Morgan fingerprint density at radius 2 is 1.34 bits per heavy atom. The Morgan fingerprint density at radius 1 is 0.857 bits per heavy atom. The fourth-order valence-corrected chi connectivity index (χ4v) is 3.10. The molecule has 3 aromatic rings. The molecule has 0 unspecified atom stereocenters. The maximum absolute atomic E-state index is 12.5.